The molecular formula is C41H67NO8. The Hall–Kier alpha value is -0.810. The van der Waals surface area contributed by atoms with Crippen LogP contribution in [0.1, 0.15) is 119 Å². The molecule has 0 aromatic rings. The molecule has 0 aromatic carbocycles. The third-order valence-corrected chi connectivity index (χ3v) is 17.3. The van der Waals surface area contributed by atoms with Gasteiger partial charge in [0.1, 0.15) is 0 Å². The average Bonchev–Trinajstić information content (AvgIpc) is 3.73. The lowest BCUT2D eigenvalue weighted by molar-refractivity contribution is -0.252. The maximum absolute atomic E-state index is 12.6. The number of esters is 1. The zero-order chi connectivity index (χ0) is 35.4. The Bertz CT molecular complexity index is 1290. The first-order valence-electron chi connectivity index (χ1n) is 20.5. The number of nitrogens with zero attached hydrogens (tertiary/aromatic N) is 1. The molecular weight excluding hydrogens is 634 g/mol. The van der Waals surface area contributed by atoms with E-state index in [-0.39, 0.29) is 64.4 Å². The van der Waals surface area contributed by atoms with Crippen LogP contribution >= 0.6 is 0 Å². The molecule has 8 aliphatic rings. The first kappa shape index (κ1) is 36.2. The van der Waals surface area contributed by atoms with Crippen LogP contribution in [0.5, 0.6) is 0 Å². The average molecular weight is 702 g/mol. The summed E-state index contributed by atoms with van der Waals surface area (Å²) in [6, 6.07) is 0.577. The van der Waals surface area contributed by atoms with Crippen molar-refractivity contribution in [2.24, 2.45) is 50.7 Å². The van der Waals surface area contributed by atoms with Crippen molar-refractivity contribution in [3.8, 4) is 0 Å². The minimum Gasteiger partial charge on any atom is -0.457 e. The van der Waals surface area contributed by atoms with E-state index >= 15 is 0 Å². The second-order valence-electron chi connectivity index (χ2n) is 19.4. The molecule has 15 atom stereocenters. The molecule has 3 heterocycles. The summed E-state index contributed by atoms with van der Waals surface area (Å²) in [6.45, 7) is 19.9. The number of aliphatic hydroxyl groups is 2. The van der Waals surface area contributed by atoms with Crippen LogP contribution in [0.25, 0.3) is 0 Å². The van der Waals surface area contributed by atoms with Crippen LogP contribution in [-0.4, -0.2) is 103 Å². The number of carbonyl (C=O) groups excluding carboxylic acids is 1. The number of hydrogen-bond donors (Lipinski definition) is 2. The van der Waals surface area contributed by atoms with Crippen LogP contribution in [0.2, 0.25) is 0 Å². The molecule has 2 spiro atoms. The third kappa shape index (κ3) is 5.05. The lowest BCUT2D eigenvalue weighted by Gasteiger charge is -2.64. The van der Waals surface area contributed by atoms with Gasteiger partial charge < -0.3 is 33.9 Å². The van der Waals surface area contributed by atoms with Gasteiger partial charge in [-0.25, -0.2) is 0 Å². The highest BCUT2D eigenvalue weighted by Crippen LogP contribution is 2.89. The van der Waals surface area contributed by atoms with E-state index in [1.807, 2.05) is 0 Å². The molecule has 9 nitrogen and oxygen atoms in total. The van der Waals surface area contributed by atoms with Gasteiger partial charge in [0.25, 0.3) is 0 Å². The molecule has 9 heteroatoms. The molecule has 3 saturated heterocycles. The molecule has 3 aliphatic heterocycles. The summed E-state index contributed by atoms with van der Waals surface area (Å²) in [4.78, 5) is 14.9. The van der Waals surface area contributed by atoms with Gasteiger partial charge in [0.15, 0.2) is 12.4 Å². The number of rotatable bonds is 7. The Morgan fingerprint density at radius 1 is 0.980 bits per heavy atom. The molecule has 8 fully saturated rings. The van der Waals surface area contributed by atoms with Gasteiger partial charge in [-0.3, -0.25) is 9.69 Å². The second kappa shape index (κ2) is 12.6. The Labute approximate surface area is 300 Å². The van der Waals surface area contributed by atoms with Crippen LogP contribution in [0, 0.1) is 50.7 Å². The van der Waals surface area contributed by atoms with Gasteiger partial charge in [-0.15, -0.1) is 0 Å². The number of aliphatic hydroxyl groups excluding tert-OH is 2. The molecule has 284 valence electrons. The van der Waals surface area contributed by atoms with Gasteiger partial charge in [-0.05, 0) is 116 Å². The fraction of sp³-hybridized carbons (Fsp3) is 0.976. The summed E-state index contributed by atoms with van der Waals surface area (Å²) < 4.78 is 31.5. The van der Waals surface area contributed by atoms with Crippen LogP contribution in [0.3, 0.4) is 0 Å². The molecule has 0 amide bonds. The fourth-order valence-electron chi connectivity index (χ4n) is 14.8. The molecule has 5 aliphatic carbocycles. The first-order valence-corrected chi connectivity index (χ1v) is 20.5. The fourth-order valence-corrected chi connectivity index (χ4v) is 14.8. The van der Waals surface area contributed by atoms with E-state index in [0.717, 1.165) is 71.4 Å². The zero-order valence-corrected chi connectivity index (χ0v) is 32.0. The molecule has 0 radical (unpaired) electrons. The predicted molar refractivity (Wildman–Crippen MR) is 188 cm³/mol. The molecule has 50 heavy (non-hydrogen) atoms. The second-order valence-corrected chi connectivity index (χ2v) is 19.4. The summed E-state index contributed by atoms with van der Waals surface area (Å²) >= 11 is 0. The lowest BCUT2D eigenvalue weighted by Crippen LogP contribution is -2.60. The Balaban J connectivity index is 1.00. The predicted octanol–water partition coefficient (Wildman–Crippen LogP) is 5.72. The highest BCUT2D eigenvalue weighted by molar-refractivity contribution is 5.69. The summed E-state index contributed by atoms with van der Waals surface area (Å²) in [5.41, 5.74) is 0.333. The van der Waals surface area contributed by atoms with Gasteiger partial charge >= 0.3 is 5.97 Å². The highest BCUT2D eigenvalue weighted by Gasteiger charge is 2.84. The lowest BCUT2D eigenvalue weighted by atomic mass is 9.41. The van der Waals surface area contributed by atoms with Crippen molar-refractivity contribution < 1.29 is 38.7 Å². The van der Waals surface area contributed by atoms with Crippen LogP contribution in [-0.2, 0) is 28.5 Å². The van der Waals surface area contributed by atoms with Crippen molar-refractivity contribution in [2.75, 3.05) is 32.9 Å². The monoisotopic (exact) mass is 701 g/mol. The van der Waals surface area contributed by atoms with Crippen molar-refractivity contribution in [1.29, 1.82) is 0 Å². The summed E-state index contributed by atoms with van der Waals surface area (Å²) in [5, 5.41) is 23.3. The number of morpholine rings is 1. The van der Waals surface area contributed by atoms with E-state index in [9.17, 15) is 15.0 Å². The van der Waals surface area contributed by atoms with Gasteiger partial charge in [0.2, 0.25) is 0 Å². The maximum atomic E-state index is 12.6. The van der Waals surface area contributed by atoms with Crippen LogP contribution < -0.4 is 0 Å². The van der Waals surface area contributed by atoms with E-state index in [1.165, 1.54) is 25.7 Å². The van der Waals surface area contributed by atoms with E-state index in [0.29, 0.717) is 23.3 Å². The van der Waals surface area contributed by atoms with Crippen molar-refractivity contribution in [3.63, 3.8) is 0 Å². The molecule has 5 saturated carbocycles. The zero-order valence-electron chi connectivity index (χ0n) is 32.0. The molecule has 3 unspecified atom stereocenters. The topological polar surface area (TPSA) is 107 Å². The molecule has 2 N–H and O–H groups in total. The normalized spacial score (nSPS) is 51.3. The van der Waals surface area contributed by atoms with E-state index in [4.69, 9.17) is 23.7 Å². The smallest absolute Gasteiger partial charge is 0.305 e. The Kier molecular flexibility index (Phi) is 9.14. The minimum absolute atomic E-state index is 0.0427. The van der Waals surface area contributed by atoms with Crippen LogP contribution in [0.15, 0.2) is 0 Å². The highest BCUT2D eigenvalue weighted by atomic mass is 16.7. The SMILES string of the molecule is CCC(=O)O[C@H](C(C)O)[C@H]1CC(C)C2[C@H](O1)[C@H](O)[C@@]1(C)[C@@H]3CC[C@H]4C(C)(C)[C@@H](O[C@H]5CN(C6CCOCC6)CCO5)CC[C@@]45C[C@@]35CC[C@]21C. The number of ether oxygens (including phenoxy) is 5. The van der Waals surface area contributed by atoms with E-state index in [1.54, 1.807) is 13.8 Å². The first-order chi connectivity index (χ1) is 23.7. The summed E-state index contributed by atoms with van der Waals surface area (Å²) in [6.07, 6.45) is 8.58. The number of fused-ring (bicyclic) bond motifs is 4. The van der Waals surface area contributed by atoms with Crippen molar-refractivity contribution in [1.82, 2.24) is 4.90 Å². The number of hydrogen-bond acceptors (Lipinski definition) is 9. The minimum atomic E-state index is -0.839. The Morgan fingerprint density at radius 3 is 2.42 bits per heavy atom. The standard InChI is InChI=1S/C41H67NO8/c1-8-31(44)50-34(25(3)43)27-21-24(2)33-35(48-27)36(45)39(7)29-10-9-28-37(4,5)30(11-14-40(28)23-41(29,40)16-15-38(33,39)6)49-32-22-42(17-20-47-32)26-12-18-46-19-13-26/h24-30,32-36,43,45H,8-23H2,1-7H3/t24?,25?,27-,28+,29+,30+,32+,33?,34-,35+,36+,38-,39-,40-,41+/m1/s1. The summed E-state index contributed by atoms with van der Waals surface area (Å²) in [7, 11) is 0. The third-order valence-electron chi connectivity index (χ3n) is 17.3. The Morgan fingerprint density at radius 2 is 1.70 bits per heavy atom. The van der Waals surface area contributed by atoms with Crippen LogP contribution in [0.4, 0.5) is 0 Å². The quantitative estimate of drug-likeness (QED) is 0.322. The van der Waals surface area contributed by atoms with Gasteiger partial charge in [-0.1, -0.05) is 41.5 Å². The van der Waals surface area contributed by atoms with Gasteiger partial charge in [0, 0.05) is 44.2 Å². The van der Waals surface area contributed by atoms with Gasteiger partial charge in [-0.2, -0.15) is 0 Å². The van der Waals surface area contributed by atoms with E-state index in [2.05, 4.69) is 39.5 Å². The van der Waals surface area contributed by atoms with Gasteiger partial charge in [0.05, 0.1) is 37.1 Å². The van der Waals surface area contributed by atoms with Crippen molar-refractivity contribution in [3.05, 3.63) is 0 Å². The molecule has 0 aromatic heterocycles. The maximum Gasteiger partial charge on any atom is 0.305 e. The summed E-state index contributed by atoms with van der Waals surface area (Å²) in [5.74, 6) is 1.26. The molecule has 8 rings (SSSR count). The van der Waals surface area contributed by atoms with E-state index < -0.39 is 24.4 Å². The largest absolute Gasteiger partial charge is 0.457 e. The number of carbonyl (C=O) groups is 1. The van der Waals surface area contributed by atoms with Crippen molar-refractivity contribution >= 4 is 5.97 Å². The molecule has 0 bridgehead atoms. The van der Waals surface area contributed by atoms with Crippen molar-refractivity contribution in [2.45, 2.75) is 168 Å².